The van der Waals surface area contributed by atoms with Crippen LogP contribution in [0.3, 0.4) is 0 Å². The molecule has 0 unspecified atom stereocenters. The summed E-state index contributed by atoms with van der Waals surface area (Å²) in [6.45, 7) is 3.50. The summed E-state index contributed by atoms with van der Waals surface area (Å²) in [5.74, 6) is 0. The molecular formula is C6H9ClN2O2S2. The minimum absolute atomic E-state index is 0.133. The zero-order valence-corrected chi connectivity index (χ0v) is 9.50. The van der Waals surface area contributed by atoms with Crippen LogP contribution in [0.4, 0.5) is 0 Å². The second-order valence-corrected chi connectivity index (χ2v) is 6.26. The molecule has 0 saturated heterocycles. The lowest BCUT2D eigenvalue weighted by atomic mass is 10.4. The van der Waals surface area contributed by atoms with E-state index in [0.717, 1.165) is 11.3 Å². The van der Waals surface area contributed by atoms with Gasteiger partial charge in [0.15, 0.2) is 8.68 Å². The summed E-state index contributed by atoms with van der Waals surface area (Å²) in [4.78, 5) is 3.65. The van der Waals surface area contributed by atoms with Crippen LogP contribution in [-0.4, -0.2) is 19.4 Å². The van der Waals surface area contributed by atoms with E-state index in [4.69, 9.17) is 11.6 Å². The quantitative estimate of drug-likeness (QED) is 0.871. The van der Waals surface area contributed by atoms with Gasteiger partial charge in [-0.2, -0.15) is 0 Å². The Labute approximate surface area is 86.0 Å². The molecule has 4 nitrogen and oxygen atoms in total. The number of nitrogens with zero attached hydrogens (tertiary/aromatic N) is 1. The van der Waals surface area contributed by atoms with Crippen molar-refractivity contribution in [3.05, 3.63) is 10.7 Å². The van der Waals surface area contributed by atoms with E-state index in [1.807, 2.05) is 0 Å². The third kappa shape index (κ3) is 2.91. The van der Waals surface area contributed by atoms with Gasteiger partial charge in [-0.15, -0.1) is 0 Å². The van der Waals surface area contributed by atoms with Gasteiger partial charge in [-0.25, -0.2) is 18.1 Å². The van der Waals surface area contributed by atoms with Crippen molar-refractivity contribution in [1.29, 1.82) is 0 Å². The van der Waals surface area contributed by atoms with Crippen molar-refractivity contribution in [1.82, 2.24) is 9.71 Å². The number of rotatable bonds is 3. The third-order valence-corrected chi connectivity index (χ3v) is 4.35. The van der Waals surface area contributed by atoms with Gasteiger partial charge in [-0.05, 0) is 13.8 Å². The molecule has 1 N–H and O–H groups in total. The van der Waals surface area contributed by atoms with Gasteiger partial charge in [-0.3, -0.25) is 0 Å². The summed E-state index contributed by atoms with van der Waals surface area (Å²) in [6.07, 6.45) is 1.25. The van der Waals surface area contributed by atoms with Crippen molar-refractivity contribution < 1.29 is 8.42 Å². The maximum atomic E-state index is 11.5. The number of thiazole rings is 1. The molecule has 0 atom stereocenters. The molecule has 1 aromatic heterocycles. The van der Waals surface area contributed by atoms with Crippen LogP contribution >= 0.6 is 22.9 Å². The van der Waals surface area contributed by atoms with Gasteiger partial charge in [0.05, 0.1) is 6.20 Å². The number of halogens is 1. The van der Waals surface area contributed by atoms with Gasteiger partial charge in [0.25, 0.3) is 10.0 Å². The maximum absolute atomic E-state index is 11.5. The van der Waals surface area contributed by atoms with Crippen LogP contribution < -0.4 is 4.72 Å². The molecule has 0 radical (unpaired) electrons. The molecule has 0 aliphatic heterocycles. The molecule has 0 aliphatic carbocycles. The molecule has 0 saturated carbocycles. The van der Waals surface area contributed by atoms with Crippen LogP contribution in [0.5, 0.6) is 0 Å². The molecule has 13 heavy (non-hydrogen) atoms. The number of nitrogens with one attached hydrogen (secondary N) is 1. The number of hydrogen-bond acceptors (Lipinski definition) is 4. The van der Waals surface area contributed by atoms with Gasteiger partial charge >= 0.3 is 0 Å². The molecule has 7 heteroatoms. The second kappa shape index (κ2) is 3.91. The van der Waals surface area contributed by atoms with Crippen molar-refractivity contribution in [2.75, 3.05) is 0 Å². The van der Waals surface area contributed by atoms with E-state index >= 15 is 0 Å². The molecule has 0 fully saturated rings. The number of sulfonamides is 1. The van der Waals surface area contributed by atoms with Gasteiger partial charge in [0.2, 0.25) is 0 Å². The van der Waals surface area contributed by atoms with Crippen LogP contribution in [0.1, 0.15) is 13.8 Å². The highest BCUT2D eigenvalue weighted by atomic mass is 35.5. The minimum atomic E-state index is -3.42. The Morgan fingerprint density at radius 1 is 1.62 bits per heavy atom. The fraction of sp³-hybridized carbons (Fsp3) is 0.500. The molecule has 74 valence electrons. The second-order valence-electron chi connectivity index (χ2n) is 2.71. The van der Waals surface area contributed by atoms with E-state index in [9.17, 15) is 8.42 Å². The Morgan fingerprint density at radius 2 is 2.23 bits per heavy atom. The first-order chi connectivity index (χ1) is 5.92. The van der Waals surface area contributed by atoms with Crippen molar-refractivity contribution >= 4 is 33.0 Å². The summed E-state index contributed by atoms with van der Waals surface area (Å²) in [6, 6.07) is -0.133. The molecule has 1 aromatic rings. The predicted molar refractivity (Wildman–Crippen MR) is 52.6 cm³/mol. The van der Waals surface area contributed by atoms with E-state index in [-0.39, 0.29) is 14.7 Å². The Hall–Kier alpha value is -0.170. The lowest BCUT2D eigenvalue weighted by molar-refractivity contribution is 0.572. The number of hydrogen-bond donors (Lipinski definition) is 1. The Balaban J connectivity index is 2.95. The van der Waals surface area contributed by atoms with Crippen molar-refractivity contribution in [2.45, 2.75) is 24.1 Å². The van der Waals surface area contributed by atoms with Crippen LogP contribution in [0, 0.1) is 0 Å². The van der Waals surface area contributed by atoms with Gasteiger partial charge in [0, 0.05) is 6.04 Å². The largest absolute Gasteiger partial charge is 0.251 e. The first kappa shape index (κ1) is 10.9. The highest BCUT2D eigenvalue weighted by Gasteiger charge is 2.17. The highest BCUT2D eigenvalue weighted by Crippen LogP contribution is 2.22. The molecule has 1 rings (SSSR count). The molecule has 1 heterocycles. The average molecular weight is 241 g/mol. The van der Waals surface area contributed by atoms with E-state index in [1.54, 1.807) is 13.8 Å². The van der Waals surface area contributed by atoms with Gasteiger partial charge in [-0.1, -0.05) is 22.9 Å². The molecular weight excluding hydrogens is 232 g/mol. The molecule has 0 aliphatic rings. The van der Waals surface area contributed by atoms with E-state index in [0.29, 0.717) is 0 Å². The zero-order valence-electron chi connectivity index (χ0n) is 7.11. The van der Waals surface area contributed by atoms with Crippen LogP contribution in [0.15, 0.2) is 10.4 Å². The number of aromatic nitrogens is 1. The standard InChI is InChI=1S/C6H9ClN2O2S2/c1-4(2)9-13(10,11)5-3-8-6(7)12-5/h3-4,9H,1-2H3. The fourth-order valence-electron chi connectivity index (χ4n) is 0.732. The summed E-state index contributed by atoms with van der Waals surface area (Å²) >= 11 is 6.46. The van der Waals surface area contributed by atoms with Gasteiger partial charge in [0.1, 0.15) is 0 Å². The summed E-state index contributed by atoms with van der Waals surface area (Å²) in [5, 5.41) is 0. The molecule has 0 bridgehead atoms. The Morgan fingerprint density at radius 3 is 2.62 bits per heavy atom. The smallest absolute Gasteiger partial charge is 0.232 e. The first-order valence-corrected chi connectivity index (χ1v) is 6.23. The average Bonchev–Trinajstić information content (AvgIpc) is 2.32. The fourth-order valence-corrected chi connectivity index (χ4v) is 3.29. The zero-order chi connectivity index (χ0) is 10.1. The summed E-state index contributed by atoms with van der Waals surface area (Å²) in [5.41, 5.74) is 0. The predicted octanol–water partition coefficient (Wildman–Crippen LogP) is 1.48. The van der Waals surface area contributed by atoms with Crippen molar-refractivity contribution in [3.63, 3.8) is 0 Å². The van der Waals surface area contributed by atoms with Crippen LogP contribution in [-0.2, 0) is 10.0 Å². The molecule has 0 amide bonds. The summed E-state index contributed by atoms with van der Waals surface area (Å²) in [7, 11) is -3.42. The van der Waals surface area contributed by atoms with Crippen LogP contribution in [0.25, 0.3) is 0 Å². The maximum Gasteiger partial charge on any atom is 0.251 e. The van der Waals surface area contributed by atoms with Crippen molar-refractivity contribution in [2.24, 2.45) is 0 Å². The molecule has 0 spiro atoms. The Kier molecular flexibility index (Phi) is 3.28. The van der Waals surface area contributed by atoms with E-state index in [2.05, 4.69) is 9.71 Å². The lowest BCUT2D eigenvalue weighted by Crippen LogP contribution is -2.29. The van der Waals surface area contributed by atoms with Crippen LogP contribution in [0.2, 0.25) is 4.47 Å². The normalized spacial score (nSPS) is 12.3. The Bertz CT molecular complexity index is 385. The summed E-state index contributed by atoms with van der Waals surface area (Å²) < 4.78 is 25.7. The lowest BCUT2D eigenvalue weighted by Gasteiger charge is -2.06. The molecule has 0 aromatic carbocycles. The van der Waals surface area contributed by atoms with Crippen molar-refractivity contribution in [3.8, 4) is 0 Å². The minimum Gasteiger partial charge on any atom is -0.232 e. The monoisotopic (exact) mass is 240 g/mol. The van der Waals surface area contributed by atoms with E-state index in [1.165, 1.54) is 6.20 Å². The third-order valence-electron chi connectivity index (χ3n) is 1.11. The highest BCUT2D eigenvalue weighted by molar-refractivity contribution is 7.91. The first-order valence-electron chi connectivity index (χ1n) is 3.55. The van der Waals surface area contributed by atoms with Gasteiger partial charge < -0.3 is 0 Å². The van der Waals surface area contributed by atoms with E-state index < -0.39 is 10.0 Å². The SMILES string of the molecule is CC(C)NS(=O)(=O)c1cnc(Cl)s1. The topological polar surface area (TPSA) is 59.1 Å².